The van der Waals surface area contributed by atoms with Crippen molar-refractivity contribution in [2.45, 2.75) is 33.2 Å². The number of methoxy groups -OCH3 is 1. The van der Waals surface area contributed by atoms with Gasteiger partial charge in [-0.15, -0.1) is 24.0 Å². The molecule has 2 aromatic carbocycles. The number of benzene rings is 2. The van der Waals surface area contributed by atoms with Crippen molar-refractivity contribution >= 4 is 29.9 Å². The molecule has 31 heavy (non-hydrogen) atoms. The molecule has 0 spiro atoms. The molecule has 2 N–H and O–H groups in total. The van der Waals surface area contributed by atoms with E-state index in [0.29, 0.717) is 12.4 Å². The summed E-state index contributed by atoms with van der Waals surface area (Å²) in [4.78, 5) is 9.03. The van der Waals surface area contributed by atoms with Gasteiger partial charge in [-0.3, -0.25) is 0 Å². The maximum Gasteiger partial charge on any atom is 0.257 e. The lowest BCUT2D eigenvalue weighted by Crippen LogP contribution is -2.38. The van der Waals surface area contributed by atoms with Crippen LogP contribution in [0.3, 0.4) is 0 Å². The normalized spacial score (nSPS) is 11.0. The summed E-state index contributed by atoms with van der Waals surface area (Å²) in [5, 5.41) is 10.6. The molecule has 0 radical (unpaired) electrons. The molecule has 8 heteroatoms. The average molecular weight is 535 g/mol. The number of hydrogen-bond acceptors (Lipinski definition) is 5. The monoisotopic (exact) mass is 535 g/mol. The van der Waals surface area contributed by atoms with E-state index in [1.807, 2.05) is 43.3 Å². The molecule has 3 rings (SSSR count). The topological polar surface area (TPSA) is 84.6 Å². The number of halogens is 1. The van der Waals surface area contributed by atoms with Crippen molar-refractivity contribution in [1.29, 1.82) is 0 Å². The largest absolute Gasteiger partial charge is 0.497 e. The second-order valence-corrected chi connectivity index (χ2v) is 6.79. The summed E-state index contributed by atoms with van der Waals surface area (Å²) in [5.74, 6) is 2.95. The molecule has 0 unspecified atom stereocenters. The molecule has 0 fully saturated rings. The molecule has 1 aromatic heterocycles. The van der Waals surface area contributed by atoms with Crippen LogP contribution in [0.1, 0.15) is 30.8 Å². The molecule has 166 valence electrons. The Labute approximate surface area is 200 Å². The van der Waals surface area contributed by atoms with Gasteiger partial charge in [-0.05, 0) is 48.7 Å². The number of aliphatic imine (C=N–C) groups is 1. The summed E-state index contributed by atoms with van der Waals surface area (Å²) in [5.41, 5.74) is 3.30. The van der Waals surface area contributed by atoms with Crippen LogP contribution < -0.4 is 15.4 Å². The minimum absolute atomic E-state index is 0. The van der Waals surface area contributed by atoms with E-state index in [9.17, 15) is 0 Å². The zero-order valence-corrected chi connectivity index (χ0v) is 20.6. The second-order valence-electron chi connectivity index (χ2n) is 6.79. The summed E-state index contributed by atoms with van der Waals surface area (Å²) in [6.45, 7) is 6.27. The summed E-state index contributed by atoms with van der Waals surface area (Å²) in [7, 11) is 1.67. The van der Waals surface area contributed by atoms with Crippen molar-refractivity contribution in [3.8, 4) is 17.2 Å². The van der Waals surface area contributed by atoms with Gasteiger partial charge in [0.1, 0.15) is 5.75 Å². The van der Waals surface area contributed by atoms with E-state index in [-0.39, 0.29) is 24.0 Å². The quantitative estimate of drug-likeness (QED) is 0.243. The van der Waals surface area contributed by atoms with Crippen molar-refractivity contribution < 1.29 is 9.26 Å². The Hall–Kier alpha value is -2.62. The van der Waals surface area contributed by atoms with Crippen LogP contribution in [0.25, 0.3) is 11.5 Å². The number of aromatic nitrogens is 2. The van der Waals surface area contributed by atoms with Gasteiger partial charge in [-0.25, -0.2) is 4.99 Å². The van der Waals surface area contributed by atoms with Crippen LogP contribution in [0.5, 0.6) is 5.75 Å². The standard InChI is InChI=1S/C23H29N5O2.HI/c1-4-21-27-22(30-28-21)19-10-6-17(7-11-19)14-15-25-23(24-5-2)26-16-18-8-12-20(29-3)13-9-18;/h6-13H,4-5,14-16H2,1-3H3,(H2,24,25,26);1H. The van der Waals surface area contributed by atoms with Crippen LogP contribution in [0.4, 0.5) is 0 Å². The molecule has 0 amide bonds. The molecule has 0 aliphatic rings. The fourth-order valence-corrected chi connectivity index (χ4v) is 2.90. The third-order valence-corrected chi connectivity index (χ3v) is 4.61. The van der Waals surface area contributed by atoms with E-state index in [1.54, 1.807) is 7.11 Å². The average Bonchev–Trinajstić information content (AvgIpc) is 3.27. The fourth-order valence-electron chi connectivity index (χ4n) is 2.90. The zero-order valence-electron chi connectivity index (χ0n) is 18.2. The molecule has 0 aliphatic carbocycles. The first-order chi connectivity index (χ1) is 14.7. The Morgan fingerprint density at radius 2 is 1.71 bits per heavy atom. The summed E-state index contributed by atoms with van der Waals surface area (Å²) < 4.78 is 10.5. The third-order valence-electron chi connectivity index (χ3n) is 4.61. The minimum Gasteiger partial charge on any atom is -0.497 e. The van der Waals surface area contributed by atoms with E-state index in [0.717, 1.165) is 54.6 Å². The number of guanidine groups is 1. The van der Waals surface area contributed by atoms with Crippen molar-refractivity contribution in [3.05, 3.63) is 65.5 Å². The Kier molecular flexibility index (Phi) is 10.3. The van der Waals surface area contributed by atoms with E-state index < -0.39 is 0 Å². The first-order valence-corrected chi connectivity index (χ1v) is 10.3. The van der Waals surface area contributed by atoms with Gasteiger partial charge < -0.3 is 19.9 Å². The highest BCUT2D eigenvalue weighted by Crippen LogP contribution is 2.18. The molecular weight excluding hydrogens is 505 g/mol. The van der Waals surface area contributed by atoms with Gasteiger partial charge in [-0.2, -0.15) is 4.98 Å². The minimum atomic E-state index is 0. The highest BCUT2D eigenvalue weighted by molar-refractivity contribution is 14.0. The molecule has 3 aromatic rings. The van der Waals surface area contributed by atoms with Crippen LogP contribution in [0, 0.1) is 0 Å². The Bertz CT molecular complexity index is 939. The number of nitrogens with zero attached hydrogens (tertiary/aromatic N) is 3. The third kappa shape index (κ3) is 7.54. The SMILES string of the molecule is CCNC(=NCc1ccc(OC)cc1)NCCc1ccc(-c2nc(CC)no2)cc1.I. The van der Waals surface area contributed by atoms with Gasteiger partial charge in [0, 0.05) is 25.1 Å². The molecule has 1 heterocycles. The van der Waals surface area contributed by atoms with E-state index in [1.165, 1.54) is 5.56 Å². The van der Waals surface area contributed by atoms with Gasteiger partial charge in [0.15, 0.2) is 11.8 Å². The summed E-state index contributed by atoms with van der Waals surface area (Å²) in [6, 6.07) is 16.2. The van der Waals surface area contributed by atoms with E-state index in [2.05, 4.69) is 44.8 Å². The Morgan fingerprint density at radius 1 is 1.00 bits per heavy atom. The van der Waals surface area contributed by atoms with Gasteiger partial charge in [-0.1, -0.05) is 36.3 Å². The van der Waals surface area contributed by atoms with Crippen molar-refractivity contribution in [2.24, 2.45) is 4.99 Å². The number of ether oxygens (including phenoxy) is 1. The molecule has 0 saturated heterocycles. The first-order valence-electron chi connectivity index (χ1n) is 10.3. The van der Waals surface area contributed by atoms with Gasteiger partial charge >= 0.3 is 0 Å². The van der Waals surface area contributed by atoms with Crippen LogP contribution in [-0.4, -0.2) is 36.3 Å². The van der Waals surface area contributed by atoms with Crippen LogP contribution in [0.2, 0.25) is 0 Å². The first kappa shape index (κ1) is 24.6. The maximum atomic E-state index is 5.29. The summed E-state index contributed by atoms with van der Waals surface area (Å²) in [6.07, 6.45) is 1.65. The molecule has 7 nitrogen and oxygen atoms in total. The lowest BCUT2D eigenvalue weighted by molar-refractivity contribution is 0.414. The molecule has 0 saturated carbocycles. The molecular formula is C23H30IN5O2. The number of rotatable bonds is 9. The van der Waals surface area contributed by atoms with Crippen molar-refractivity contribution in [1.82, 2.24) is 20.8 Å². The number of hydrogen-bond donors (Lipinski definition) is 2. The molecule has 0 aliphatic heterocycles. The highest BCUT2D eigenvalue weighted by Gasteiger charge is 2.07. The summed E-state index contributed by atoms with van der Waals surface area (Å²) >= 11 is 0. The second kappa shape index (κ2) is 12.9. The van der Waals surface area contributed by atoms with Gasteiger partial charge in [0.05, 0.1) is 13.7 Å². The van der Waals surface area contributed by atoms with E-state index >= 15 is 0 Å². The van der Waals surface area contributed by atoms with Gasteiger partial charge in [0.25, 0.3) is 5.89 Å². The van der Waals surface area contributed by atoms with Crippen LogP contribution in [0.15, 0.2) is 58.0 Å². The van der Waals surface area contributed by atoms with Crippen LogP contribution in [-0.2, 0) is 19.4 Å². The Morgan fingerprint density at radius 3 is 2.32 bits per heavy atom. The lowest BCUT2D eigenvalue weighted by atomic mass is 10.1. The number of nitrogens with one attached hydrogen (secondary N) is 2. The van der Waals surface area contributed by atoms with Crippen LogP contribution >= 0.6 is 24.0 Å². The molecule has 0 bridgehead atoms. The Balaban J connectivity index is 0.00000341. The lowest BCUT2D eigenvalue weighted by Gasteiger charge is -2.11. The fraction of sp³-hybridized carbons (Fsp3) is 0.348. The zero-order chi connectivity index (χ0) is 21.2. The maximum absolute atomic E-state index is 5.29. The highest BCUT2D eigenvalue weighted by atomic mass is 127. The predicted molar refractivity (Wildman–Crippen MR) is 134 cm³/mol. The predicted octanol–water partition coefficient (Wildman–Crippen LogP) is 4.22. The molecule has 0 atom stereocenters. The number of aryl methyl sites for hydroxylation is 1. The van der Waals surface area contributed by atoms with Crippen molar-refractivity contribution in [2.75, 3.05) is 20.2 Å². The van der Waals surface area contributed by atoms with E-state index in [4.69, 9.17) is 9.26 Å². The van der Waals surface area contributed by atoms with Crippen molar-refractivity contribution in [3.63, 3.8) is 0 Å². The smallest absolute Gasteiger partial charge is 0.257 e. The van der Waals surface area contributed by atoms with Gasteiger partial charge in [0.2, 0.25) is 0 Å².